The number of aromatic nitrogens is 4. The monoisotopic (exact) mass is 786 g/mol. The molecule has 2 aliphatic heterocycles. The van der Waals surface area contributed by atoms with Crippen LogP contribution < -0.4 is 16.0 Å². The SMILES string of the molecule is Cn1c(C(=O)Nc2cccc(-c3cccc(NC(=O)c4cc5n(n4)CCCC5NC(C)(C)C(=O)O)c3Cl)c2Cl)nc2c1CCN(CCC13CCC(CC1)C3)C2. The molecule has 14 heteroatoms. The first-order valence-corrected chi connectivity index (χ1v) is 20.1. The van der Waals surface area contributed by atoms with Crippen molar-refractivity contribution in [2.45, 2.75) is 96.3 Å². The maximum Gasteiger partial charge on any atom is 0.323 e. The number of imidazole rings is 1. The third kappa shape index (κ3) is 7.30. The molecule has 12 nitrogen and oxygen atoms in total. The van der Waals surface area contributed by atoms with E-state index in [0.717, 1.165) is 61.9 Å². The zero-order chi connectivity index (χ0) is 38.6. The Kier molecular flexibility index (Phi) is 10.1. The molecular weight excluding hydrogens is 739 g/mol. The number of benzene rings is 2. The molecule has 8 rings (SSSR count). The third-order valence-corrected chi connectivity index (χ3v) is 13.3. The second kappa shape index (κ2) is 14.7. The molecule has 4 aliphatic rings. The van der Waals surface area contributed by atoms with Gasteiger partial charge in [-0.05, 0) is 101 Å². The van der Waals surface area contributed by atoms with Gasteiger partial charge in [0.2, 0.25) is 0 Å². The third-order valence-electron chi connectivity index (χ3n) is 12.5. The van der Waals surface area contributed by atoms with Crippen LogP contribution in [0, 0.1) is 11.3 Å². The molecule has 55 heavy (non-hydrogen) atoms. The maximum absolute atomic E-state index is 13.7. The molecule has 1 atom stereocenters. The number of carbonyl (C=O) groups excluding carboxylic acids is 2. The van der Waals surface area contributed by atoms with Crippen molar-refractivity contribution in [3.63, 3.8) is 0 Å². The van der Waals surface area contributed by atoms with E-state index in [4.69, 9.17) is 28.2 Å². The molecule has 0 spiro atoms. The van der Waals surface area contributed by atoms with Crippen molar-refractivity contribution in [2.75, 3.05) is 23.7 Å². The van der Waals surface area contributed by atoms with Crippen LogP contribution in [0.2, 0.25) is 10.0 Å². The summed E-state index contributed by atoms with van der Waals surface area (Å²) in [4.78, 5) is 46.3. The molecule has 4 heterocycles. The lowest BCUT2D eigenvalue weighted by Gasteiger charge is -2.32. The second-order valence-electron chi connectivity index (χ2n) is 16.5. The zero-order valence-corrected chi connectivity index (χ0v) is 33.1. The zero-order valence-electron chi connectivity index (χ0n) is 31.6. The Hall–Kier alpha value is -4.23. The van der Waals surface area contributed by atoms with Crippen LogP contribution in [0.3, 0.4) is 0 Å². The van der Waals surface area contributed by atoms with Crippen molar-refractivity contribution >= 4 is 52.4 Å². The minimum atomic E-state index is -1.15. The van der Waals surface area contributed by atoms with Crippen molar-refractivity contribution < 1.29 is 19.5 Å². The summed E-state index contributed by atoms with van der Waals surface area (Å²) < 4.78 is 3.66. The molecule has 0 saturated heterocycles. The Labute approximate surface area is 331 Å². The molecule has 290 valence electrons. The van der Waals surface area contributed by atoms with Gasteiger partial charge in [-0.3, -0.25) is 29.3 Å². The van der Waals surface area contributed by atoms with Crippen LogP contribution >= 0.6 is 23.2 Å². The molecule has 4 aromatic rings. The van der Waals surface area contributed by atoms with Gasteiger partial charge in [-0.15, -0.1) is 0 Å². The highest BCUT2D eigenvalue weighted by Gasteiger charge is 2.44. The summed E-state index contributed by atoms with van der Waals surface area (Å²) in [5.74, 6) is -0.459. The Morgan fingerprint density at radius 1 is 0.964 bits per heavy atom. The number of nitrogens with zero attached hydrogens (tertiary/aromatic N) is 5. The van der Waals surface area contributed by atoms with Crippen LogP contribution in [-0.2, 0) is 31.4 Å². The predicted molar refractivity (Wildman–Crippen MR) is 213 cm³/mol. The van der Waals surface area contributed by atoms with Gasteiger partial charge in [0.05, 0.1) is 38.8 Å². The summed E-state index contributed by atoms with van der Waals surface area (Å²) in [7, 11) is 1.90. The summed E-state index contributed by atoms with van der Waals surface area (Å²) in [6.45, 7) is 6.65. The number of hydrogen-bond donors (Lipinski definition) is 4. The van der Waals surface area contributed by atoms with Crippen LogP contribution in [0.1, 0.15) is 109 Å². The van der Waals surface area contributed by atoms with Crippen LogP contribution in [0.4, 0.5) is 11.4 Å². The quantitative estimate of drug-likeness (QED) is 0.121. The van der Waals surface area contributed by atoms with Crippen molar-refractivity contribution in [3.05, 3.63) is 81.1 Å². The molecule has 0 radical (unpaired) electrons. The highest BCUT2D eigenvalue weighted by Crippen LogP contribution is 2.56. The number of carboxylic acids is 1. The molecule has 2 fully saturated rings. The number of halogens is 2. The first-order valence-electron chi connectivity index (χ1n) is 19.4. The Bertz CT molecular complexity index is 2170. The number of aliphatic carboxylic acids is 1. The minimum Gasteiger partial charge on any atom is -0.480 e. The van der Waals surface area contributed by atoms with Crippen molar-refractivity contribution in [1.29, 1.82) is 0 Å². The van der Waals surface area contributed by atoms with E-state index in [1.165, 1.54) is 38.5 Å². The van der Waals surface area contributed by atoms with Gasteiger partial charge in [0.1, 0.15) is 5.54 Å². The normalized spacial score (nSPS) is 22.0. The lowest BCUT2D eigenvalue weighted by Crippen LogP contribution is -2.49. The van der Waals surface area contributed by atoms with Crippen LogP contribution in [0.5, 0.6) is 0 Å². The highest BCUT2D eigenvalue weighted by atomic mass is 35.5. The average Bonchev–Trinajstić information content (AvgIpc) is 3.96. The molecular formula is C41H48Cl2N8O4. The van der Waals surface area contributed by atoms with Gasteiger partial charge >= 0.3 is 5.97 Å². The van der Waals surface area contributed by atoms with Crippen LogP contribution in [-0.4, -0.2) is 65.8 Å². The van der Waals surface area contributed by atoms with E-state index in [1.54, 1.807) is 54.9 Å². The van der Waals surface area contributed by atoms with Gasteiger partial charge < -0.3 is 20.3 Å². The number of rotatable bonds is 11. The summed E-state index contributed by atoms with van der Waals surface area (Å²) in [6.07, 6.45) is 10.6. The number of nitrogens with one attached hydrogen (secondary N) is 3. The summed E-state index contributed by atoms with van der Waals surface area (Å²) in [5, 5.41) is 23.8. The number of amides is 2. The van der Waals surface area contributed by atoms with E-state index >= 15 is 0 Å². The number of anilines is 2. The van der Waals surface area contributed by atoms with E-state index in [9.17, 15) is 19.5 Å². The minimum absolute atomic E-state index is 0.195. The second-order valence-corrected chi connectivity index (χ2v) is 17.3. The summed E-state index contributed by atoms with van der Waals surface area (Å²) >= 11 is 13.9. The predicted octanol–water partition coefficient (Wildman–Crippen LogP) is 7.71. The van der Waals surface area contributed by atoms with Crippen molar-refractivity contribution in [2.24, 2.45) is 18.4 Å². The molecule has 2 aromatic carbocycles. The fourth-order valence-electron chi connectivity index (χ4n) is 9.31. The topological polar surface area (TPSA) is 146 Å². The van der Waals surface area contributed by atoms with Gasteiger partial charge in [0, 0.05) is 49.9 Å². The molecule has 2 saturated carbocycles. The Morgan fingerprint density at radius 3 is 2.27 bits per heavy atom. The molecule has 4 N–H and O–H groups in total. The number of fused-ring (bicyclic) bond motifs is 4. The lowest BCUT2D eigenvalue weighted by molar-refractivity contribution is -0.143. The molecule has 2 aromatic heterocycles. The first-order chi connectivity index (χ1) is 26.3. The van der Waals surface area contributed by atoms with Gasteiger partial charge in [0.15, 0.2) is 11.5 Å². The van der Waals surface area contributed by atoms with Gasteiger partial charge in [-0.25, -0.2) is 4.98 Å². The molecule has 1 unspecified atom stereocenters. The van der Waals surface area contributed by atoms with Gasteiger partial charge in [-0.2, -0.15) is 5.10 Å². The number of carboxylic acid groups (broad SMARTS) is 1. The van der Waals surface area contributed by atoms with E-state index < -0.39 is 17.4 Å². The number of aryl methyl sites for hydroxylation is 1. The Morgan fingerprint density at radius 2 is 1.64 bits per heavy atom. The number of hydrogen-bond acceptors (Lipinski definition) is 7. The molecule has 2 amide bonds. The average molecular weight is 788 g/mol. The maximum atomic E-state index is 13.7. The smallest absolute Gasteiger partial charge is 0.323 e. The summed E-state index contributed by atoms with van der Waals surface area (Å²) in [5.41, 5.74) is 4.35. The van der Waals surface area contributed by atoms with E-state index in [1.807, 2.05) is 17.7 Å². The van der Waals surface area contributed by atoms with Crippen LogP contribution in [0.15, 0.2) is 42.5 Å². The lowest BCUT2D eigenvalue weighted by atomic mass is 9.81. The highest BCUT2D eigenvalue weighted by molar-refractivity contribution is 6.40. The van der Waals surface area contributed by atoms with Crippen LogP contribution in [0.25, 0.3) is 11.1 Å². The van der Waals surface area contributed by atoms with Gasteiger partial charge in [-0.1, -0.05) is 47.5 Å². The fraction of sp³-hybridized carbons (Fsp3) is 0.488. The van der Waals surface area contributed by atoms with E-state index in [0.29, 0.717) is 45.3 Å². The van der Waals surface area contributed by atoms with E-state index in [2.05, 4.69) is 25.9 Å². The molecule has 2 bridgehead atoms. The molecule has 2 aliphatic carbocycles. The van der Waals surface area contributed by atoms with Crippen molar-refractivity contribution in [1.82, 2.24) is 29.5 Å². The Balaban J connectivity index is 0.950. The fourth-order valence-corrected chi connectivity index (χ4v) is 9.86. The largest absolute Gasteiger partial charge is 0.480 e. The number of carbonyl (C=O) groups is 3. The van der Waals surface area contributed by atoms with E-state index in [-0.39, 0.29) is 22.7 Å². The standard InChI is InChI=1S/C41H48Cl2N8O4/c1-40(2,39(54)55)47-27-11-6-18-51-33(27)21-30(48-51)37(52)45-28-9-4-7-25(34(28)42)26-8-5-10-29(35(26)43)46-38(53)36-44-31-23-50(19-14-32(31)49(36)3)20-17-41-15-12-24(22-41)13-16-41/h4-5,7-10,21,24,27,47H,6,11-20,22-23H2,1-3H3,(H,45,52)(H,46,53)(H,54,55). The van der Waals surface area contributed by atoms with Gasteiger partial charge in [0.25, 0.3) is 11.8 Å². The van der Waals surface area contributed by atoms with Crippen molar-refractivity contribution in [3.8, 4) is 11.1 Å². The summed E-state index contributed by atoms with van der Waals surface area (Å²) in [6, 6.07) is 12.0. The first kappa shape index (κ1) is 37.7.